The van der Waals surface area contributed by atoms with E-state index >= 15 is 0 Å². The van der Waals surface area contributed by atoms with Gasteiger partial charge in [-0.3, -0.25) is 0 Å². The second kappa shape index (κ2) is 6.55. The van der Waals surface area contributed by atoms with E-state index in [0.717, 1.165) is 49.1 Å². The molecule has 0 bridgehead atoms. The average Bonchev–Trinajstić information content (AvgIpc) is 2.77. The van der Waals surface area contributed by atoms with Gasteiger partial charge in [0, 0.05) is 30.7 Å². The van der Waals surface area contributed by atoms with Crippen molar-refractivity contribution in [1.29, 1.82) is 0 Å². The molecular weight excluding hydrogens is 294 g/mol. The fourth-order valence-electron chi connectivity index (χ4n) is 2.37. The molecule has 4 heteroatoms. The first-order chi connectivity index (χ1) is 8.70. The van der Waals surface area contributed by atoms with Gasteiger partial charge in [0.05, 0.1) is 6.61 Å². The van der Waals surface area contributed by atoms with Crippen LogP contribution in [0.5, 0.6) is 5.75 Å². The highest BCUT2D eigenvalue weighted by Gasteiger charge is 2.18. The first-order valence-electron chi connectivity index (χ1n) is 6.39. The fourth-order valence-corrected chi connectivity index (χ4v) is 2.92. The maximum absolute atomic E-state index is 6.16. The monoisotopic (exact) mass is 313 g/mol. The summed E-state index contributed by atoms with van der Waals surface area (Å²) >= 11 is 3.55. The van der Waals surface area contributed by atoms with E-state index in [1.54, 1.807) is 7.11 Å². The van der Waals surface area contributed by atoms with Gasteiger partial charge in [-0.1, -0.05) is 15.9 Å². The van der Waals surface area contributed by atoms with Crippen molar-refractivity contribution in [3.8, 4) is 5.75 Å². The molecule has 0 spiro atoms. The number of rotatable bonds is 6. The molecule has 1 heterocycles. The van der Waals surface area contributed by atoms with Gasteiger partial charge >= 0.3 is 0 Å². The number of methoxy groups -OCH3 is 1. The van der Waals surface area contributed by atoms with Crippen molar-refractivity contribution in [3.05, 3.63) is 27.7 Å². The van der Waals surface area contributed by atoms with Crippen molar-refractivity contribution < 1.29 is 9.47 Å². The number of hydrogen-bond acceptors (Lipinski definition) is 3. The van der Waals surface area contributed by atoms with Crippen LogP contribution in [0, 0.1) is 0 Å². The van der Waals surface area contributed by atoms with E-state index in [2.05, 4.69) is 28.1 Å². The van der Waals surface area contributed by atoms with Crippen LogP contribution in [0.3, 0.4) is 0 Å². The summed E-state index contributed by atoms with van der Waals surface area (Å²) in [7, 11) is 1.72. The Labute approximate surface area is 117 Å². The molecule has 1 aliphatic rings. The van der Waals surface area contributed by atoms with Crippen molar-refractivity contribution in [2.24, 2.45) is 5.73 Å². The van der Waals surface area contributed by atoms with Crippen LogP contribution >= 0.6 is 15.9 Å². The highest BCUT2D eigenvalue weighted by atomic mass is 79.9. The van der Waals surface area contributed by atoms with Gasteiger partial charge in [0.2, 0.25) is 0 Å². The summed E-state index contributed by atoms with van der Waals surface area (Å²) in [5.74, 6) is 1.06. The van der Waals surface area contributed by atoms with Gasteiger partial charge in [0.15, 0.2) is 0 Å². The molecule has 0 aromatic heterocycles. The summed E-state index contributed by atoms with van der Waals surface area (Å²) in [5, 5.41) is 0. The quantitative estimate of drug-likeness (QED) is 0.821. The molecule has 0 radical (unpaired) electrons. The Hall–Kier alpha value is -0.580. The fraction of sp³-hybridized carbons (Fsp3) is 0.571. The first-order valence-corrected chi connectivity index (χ1v) is 7.18. The molecule has 1 aromatic carbocycles. The second-order valence-corrected chi connectivity index (χ2v) is 5.67. The summed E-state index contributed by atoms with van der Waals surface area (Å²) < 4.78 is 11.9. The topological polar surface area (TPSA) is 44.5 Å². The Morgan fingerprint density at radius 2 is 2.33 bits per heavy atom. The zero-order valence-electron chi connectivity index (χ0n) is 10.7. The van der Waals surface area contributed by atoms with Crippen molar-refractivity contribution in [2.45, 2.75) is 31.7 Å². The Kier molecular flexibility index (Phi) is 5.03. The zero-order chi connectivity index (χ0) is 13.0. The van der Waals surface area contributed by atoms with Crippen LogP contribution in [0.2, 0.25) is 0 Å². The van der Waals surface area contributed by atoms with Crippen molar-refractivity contribution >= 4 is 15.9 Å². The highest BCUT2D eigenvalue weighted by molar-refractivity contribution is 9.10. The predicted molar refractivity (Wildman–Crippen MR) is 76.1 cm³/mol. The van der Waals surface area contributed by atoms with Crippen LogP contribution in [-0.2, 0) is 17.6 Å². The number of hydrogen-bond donors (Lipinski definition) is 1. The Morgan fingerprint density at radius 1 is 1.50 bits per heavy atom. The third-order valence-corrected chi connectivity index (χ3v) is 3.69. The molecule has 0 saturated heterocycles. The van der Waals surface area contributed by atoms with Crippen LogP contribution < -0.4 is 10.5 Å². The number of ether oxygens (including phenoxy) is 2. The molecule has 0 amide bonds. The third kappa shape index (κ3) is 3.46. The molecule has 3 nitrogen and oxygen atoms in total. The van der Waals surface area contributed by atoms with E-state index in [-0.39, 0.29) is 6.04 Å². The van der Waals surface area contributed by atoms with Crippen molar-refractivity contribution in [1.82, 2.24) is 0 Å². The third-order valence-electron chi connectivity index (χ3n) is 3.23. The highest BCUT2D eigenvalue weighted by Crippen LogP contribution is 2.33. The van der Waals surface area contributed by atoms with Crippen LogP contribution in [-0.4, -0.2) is 26.4 Å². The van der Waals surface area contributed by atoms with Crippen LogP contribution in [0.25, 0.3) is 0 Å². The largest absolute Gasteiger partial charge is 0.493 e. The maximum atomic E-state index is 6.16. The summed E-state index contributed by atoms with van der Waals surface area (Å²) in [6, 6.07) is 4.44. The smallest absolute Gasteiger partial charge is 0.125 e. The predicted octanol–water partition coefficient (Wildman–Crippen LogP) is 2.68. The minimum absolute atomic E-state index is 0.169. The number of nitrogens with two attached hydrogens (primary N) is 1. The van der Waals surface area contributed by atoms with Gasteiger partial charge in [0.25, 0.3) is 0 Å². The lowest BCUT2D eigenvalue weighted by atomic mass is 9.99. The van der Waals surface area contributed by atoms with Crippen molar-refractivity contribution in [2.75, 3.05) is 20.3 Å². The minimum Gasteiger partial charge on any atom is -0.493 e. The SMILES string of the molecule is COCCCC(N)Cc1cc(Br)cc2c1OCC2. The van der Waals surface area contributed by atoms with Gasteiger partial charge in [-0.2, -0.15) is 0 Å². The molecule has 1 atom stereocenters. The van der Waals surface area contributed by atoms with Crippen LogP contribution in [0.15, 0.2) is 16.6 Å². The zero-order valence-corrected chi connectivity index (χ0v) is 12.3. The number of halogens is 1. The minimum atomic E-state index is 0.169. The summed E-state index contributed by atoms with van der Waals surface area (Å²) in [5.41, 5.74) is 8.68. The van der Waals surface area contributed by atoms with Crippen LogP contribution in [0.1, 0.15) is 24.0 Å². The van der Waals surface area contributed by atoms with Crippen LogP contribution in [0.4, 0.5) is 0 Å². The first kappa shape index (κ1) is 13.8. The molecule has 0 aliphatic carbocycles. The molecule has 1 aromatic rings. The molecule has 2 N–H and O–H groups in total. The summed E-state index contributed by atoms with van der Waals surface area (Å²) in [6.07, 6.45) is 3.86. The number of benzene rings is 1. The Bertz CT molecular complexity index is 409. The summed E-state index contributed by atoms with van der Waals surface area (Å²) in [6.45, 7) is 1.57. The molecular formula is C14H20BrNO2. The normalized spacial score (nSPS) is 15.3. The maximum Gasteiger partial charge on any atom is 0.125 e. The lowest BCUT2D eigenvalue weighted by Gasteiger charge is -2.14. The molecule has 100 valence electrons. The van der Waals surface area contributed by atoms with Gasteiger partial charge in [-0.05, 0) is 42.5 Å². The van der Waals surface area contributed by atoms with E-state index in [0.29, 0.717) is 0 Å². The molecule has 1 aliphatic heterocycles. The molecule has 18 heavy (non-hydrogen) atoms. The molecule has 0 saturated carbocycles. The van der Waals surface area contributed by atoms with Gasteiger partial charge in [-0.15, -0.1) is 0 Å². The second-order valence-electron chi connectivity index (χ2n) is 4.75. The summed E-state index contributed by atoms with van der Waals surface area (Å²) in [4.78, 5) is 0. The van der Waals surface area contributed by atoms with E-state index in [4.69, 9.17) is 15.2 Å². The average molecular weight is 314 g/mol. The standard InChI is InChI=1S/C14H20BrNO2/c1-17-5-2-3-13(16)9-11-8-12(15)7-10-4-6-18-14(10)11/h7-8,13H,2-6,9,16H2,1H3. The molecule has 1 unspecified atom stereocenters. The Morgan fingerprint density at radius 3 is 3.11 bits per heavy atom. The van der Waals surface area contributed by atoms with E-state index in [1.165, 1.54) is 11.1 Å². The Balaban J connectivity index is 2.00. The van der Waals surface area contributed by atoms with Gasteiger partial charge < -0.3 is 15.2 Å². The molecule has 0 fully saturated rings. The number of fused-ring (bicyclic) bond motifs is 1. The lowest BCUT2D eigenvalue weighted by Crippen LogP contribution is -2.23. The molecule has 2 rings (SSSR count). The lowest BCUT2D eigenvalue weighted by molar-refractivity contribution is 0.190. The van der Waals surface area contributed by atoms with E-state index in [9.17, 15) is 0 Å². The van der Waals surface area contributed by atoms with Crippen molar-refractivity contribution in [3.63, 3.8) is 0 Å². The van der Waals surface area contributed by atoms with E-state index in [1.807, 2.05) is 0 Å². The van der Waals surface area contributed by atoms with E-state index < -0.39 is 0 Å². The van der Waals surface area contributed by atoms with Gasteiger partial charge in [0.1, 0.15) is 5.75 Å². The van der Waals surface area contributed by atoms with Gasteiger partial charge in [-0.25, -0.2) is 0 Å².